The van der Waals surface area contributed by atoms with E-state index in [9.17, 15) is 49.1 Å². The summed E-state index contributed by atoms with van der Waals surface area (Å²) in [6.45, 7) is 2.60. The van der Waals surface area contributed by atoms with Crippen LogP contribution >= 0.6 is 23.2 Å². The van der Waals surface area contributed by atoms with Crippen LogP contribution in [0.25, 0.3) is 5.83 Å². The lowest BCUT2D eigenvalue weighted by Crippen LogP contribution is -2.47. The highest BCUT2D eigenvalue weighted by atomic mass is 35.5. The molecule has 2 amide bonds. The molecule has 2 aromatic rings. The van der Waals surface area contributed by atoms with Crippen molar-refractivity contribution in [3.8, 4) is 0 Å². The SMILES string of the molecule is C=CCc1c(Cl)cc(C(/C=C(\F)c2ccc(C(=O)NC(C)C(=O)NCC(F)(F)F)c(C(F)(F)F)c2)C(F)(F)F)cc1Cl. The van der Waals surface area contributed by atoms with Gasteiger partial charge in [-0.05, 0) is 54.8 Å². The number of rotatable bonds is 9. The molecule has 0 aromatic heterocycles. The van der Waals surface area contributed by atoms with Gasteiger partial charge < -0.3 is 10.6 Å². The van der Waals surface area contributed by atoms with Gasteiger partial charge in [-0.25, -0.2) is 4.39 Å². The first-order valence-electron chi connectivity index (χ1n) is 11.5. The zero-order valence-corrected chi connectivity index (χ0v) is 22.7. The van der Waals surface area contributed by atoms with E-state index in [0.717, 1.165) is 19.1 Å². The molecule has 230 valence electrons. The summed E-state index contributed by atoms with van der Waals surface area (Å²) in [5, 5.41) is 2.85. The Kier molecular flexibility index (Phi) is 11.1. The molecule has 2 unspecified atom stereocenters. The molecule has 0 aliphatic rings. The van der Waals surface area contributed by atoms with Crippen molar-refractivity contribution in [2.75, 3.05) is 6.54 Å². The Morgan fingerprint density at radius 3 is 2.02 bits per heavy atom. The molecule has 2 N–H and O–H groups in total. The van der Waals surface area contributed by atoms with E-state index in [1.54, 1.807) is 5.32 Å². The van der Waals surface area contributed by atoms with Crippen molar-refractivity contribution >= 4 is 40.8 Å². The summed E-state index contributed by atoms with van der Waals surface area (Å²) in [7, 11) is 0. The van der Waals surface area contributed by atoms with Crippen molar-refractivity contribution in [3.63, 3.8) is 0 Å². The molecule has 0 saturated heterocycles. The number of hydrogen-bond donors (Lipinski definition) is 2. The van der Waals surface area contributed by atoms with Crippen molar-refractivity contribution in [3.05, 3.63) is 86.9 Å². The van der Waals surface area contributed by atoms with Gasteiger partial charge in [0, 0.05) is 15.6 Å². The van der Waals surface area contributed by atoms with Gasteiger partial charge in [0.15, 0.2) is 0 Å². The highest BCUT2D eigenvalue weighted by Gasteiger charge is 2.41. The van der Waals surface area contributed by atoms with Crippen molar-refractivity contribution in [1.29, 1.82) is 0 Å². The van der Waals surface area contributed by atoms with Crippen LogP contribution in [0.2, 0.25) is 10.0 Å². The monoisotopic (exact) mass is 652 g/mol. The maximum atomic E-state index is 15.1. The van der Waals surface area contributed by atoms with Crippen molar-refractivity contribution in [1.82, 2.24) is 10.6 Å². The van der Waals surface area contributed by atoms with E-state index < -0.39 is 76.9 Å². The molecule has 2 rings (SSSR count). The second-order valence-corrected chi connectivity index (χ2v) is 9.59. The lowest BCUT2D eigenvalue weighted by atomic mass is 9.94. The summed E-state index contributed by atoms with van der Waals surface area (Å²) >= 11 is 12.0. The molecule has 0 spiro atoms. The predicted octanol–water partition coefficient (Wildman–Crippen LogP) is 8.19. The maximum Gasteiger partial charge on any atom is 0.417 e. The van der Waals surface area contributed by atoms with E-state index in [1.807, 2.05) is 0 Å². The van der Waals surface area contributed by atoms with E-state index in [2.05, 4.69) is 6.58 Å². The lowest BCUT2D eigenvalue weighted by molar-refractivity contribution is -0.140. The molecule has 2 atom stereocenters. The number of benzene rings is 2. The molecule has 0 bridgehead atoms. The first-order valence-corrected chi connectivity index (χ1v) is 12.3. The van der Waals surface area contributed by atoms with Crippen LogP contribution in [0, 0.1) is 0 Å². The van der Waals surface area contributed by atoms with E-state index in [-0.39, 0.29) is 34.2 Å². The maximum absolute atomic E-state index is 15.1. The Bertz CT molecular complexity index is 1350. The smallest absolute Gasteiger partial charge is 0.345 e. The number of allylic oxidation sites excluding steroid dienone is 2. The van der Waals surface area contributed by atoms with E-state index in [1.165, 1.54) is 11.4 Å². The number of carbonyl (C=O) groups is 2. The zero-order valence-electron chi connectivity index (χ0n) is 21.2. The second-order valence-electron chi connectivity index (χ2n) is 8.78. The number of halogens is 12. The second kappa shape index (κ2) is 13.4. The Labute approximate surface area is 242 Å². The summed E-state index contributed by atoms with van der Waals surface area (Å²) in [5.41, 5.74) is -4.29. The molecule has 0 aliphatic carbocycles. The number of nitrogens with one attached hydrogen (secondary N) is 2. The zero-order chi connectivity index (χ0) is 32.2. The van der Waals surface area contributed by atoms with Gasteiger partial charge in [-0.2, -0.15) is 39.5 Å². The molecular weight excluding hydrogens is 633 g/mol. The molecule has 0 aliphatic heterocycles. The third-order valence-electron chi connectivity index (χ3n) is 5.59. The number of hydrogen-bond acceptors (Lipinski definition) is 2. The average molecular weight is 653 g/mol. The summed E-state index contributed by atoms with van der Waals surface area (Å²) in [6, 6.07) is 1.16. The standard InChI is InChI=1S/C26H20Cl2F10N2O2/c1-3-4-16-19(27)8-14(9-20(16)28)17(25(33,34)35)10-21(29)13-5-6-15(18(7-13)26(36,37)38)23(42)40-12(2)22(41)39-11-24(30,31)32/h3,5-10,12,17H,1,4,11H2,2H3,(H,39,41)(H,40,42)/b21-10-. The van der Waals surface area contributed by atoms with E-state index >= 15 is 4.39 Å². The van der Waals surface area contributed by atoms with Gasteiger partial charge >= 0.3 is 18.5 Å². The normalized spacial score (nSPS) is 14.3. The van der Waals surface area contributed by atoms with Gasteiger partial charge in [0.25, 0.3) is 5.91 Å². The predicted molar refractivity (Wildman–Crippen MR) is 136 cm³/mol. The molecule has 2 aromatic carbocycles. The molecule has 16 heteroatoms. The number of carbonyl (C=O) groups excluding carboxylic acids is 2. The first kappa shape index (κ1) is 34.9. The molecule has 4 nitrogen and oxygen atoms in total. The van der Waals surface area contributed by atoms with Gasteiger partial charge in [0.1, 0.15) is 24.3 Å². The molecule has 0 fully saturated rings. The van der Waals surface area contributed by atoms with Crippen LogP contribution in [-0.2, 0) is 17.4 Å². The summed E-state index contributed by atoms with van der Waals surface area (Å²) in [4.78, 5) is 24.2. The minimum absolute atomic E-state index is 0.0114. The van der Waals surface area contributed by atoms with Crippen LogP contribution in [0.4, 0.5) is 43.9 Å². The van der Waals surface area contributed by atoms with E-state index in [0.29, 0.717) is 12.1 Å². The van der Waals surface area contributed by atoms with Crippen molar-refractivity contribution in [2.24, 2.45) is 0 Å². The van der Waals surface area contributed by atoms with Gasteiger partial charge in [-0.3, -0.25) is 9.59 Å². The highest BCUT2D eigenvalue weighted by Crippen LogP contribution is 2.42. The van der Waals surface area contributed by atoms with Crippen molar-refractivity contribution in [2.45, 2.75) is 43.8 Å². The Hall–Kier alpha value is -3.26. The largest absolute Gasteiger partial charge is 0.417 e. The van der Waals surface area contributed by atoms with Crippen LogP contribution in [0.1, 0.15) is 45.5 Å². The van der Waals surface area contributed by atoms with Gasteiger partial charge in [0.2, 0.25) is 5.91 Å². The van der Waals surface area contributed by atoms with Gasteiger partial charge in [0.05, 0.1) is 11.1 Å². The van der Waals surface area contributed by atoms with Crippen LogP contribution in [0.5, 0.6) is 0 Å². The molecule has 0 heterocycles. The van der Waals surface area contributed by atoms with Crippen LogP contribution in [-0.4, -0.2) is 36.8 Å². The Morgan fingerprint density at radius 1 is 0.976 bits per heavy atom. The highest BCUT2D eigenvalue weighted by molar-refractivity contribution is 6.36. The summed E-state index contributed by atoms with van der Waals surface area (Å²) in [5.74, 6) is -7.36. The molecule has 0 radical (unpaired) electrons. The molecule has 42 heavy (non-hydrogen) atoms. The van der Waals surface area contributed by atoms with Crippen LogP contribution in [0.15, 0.2) is 49.1 Å². The summed E-state index contributed by atoms with van der Waals surface area (Å²) < 4.78 is 135. The first-order chi connectivity index (χ1) is 19.2. The van der Waals surface area contributed by atoms with Crippen LogP contribution in [0.3, 0.4) is 0 Å². The quantitative estimate of drug-likeness (QED) is 0.212. The summed E-state index contributed by atoms with van der Waals surface area (Å²) in [6.07, 6.45) is -13.8. The fraction of sp³-hybridized carbons (Fsp3) is 0.308. The van der Waals surface area contributed by atoms with E-state index in [4.69, 9.17) is 23.2 Å². The lowest BCUT2D eigenvalue weighted by Gasteiger charge is -2.20. The molecule has 0 saturated carbocycles. The Morgan fingerprint density at radius 2 is 1.55 bits per heavy atom. The molecular formula is C26H20Cl2F10N2O2. The third kappa shape index (κ3) is 9.38. The number of amides is 2. The third-order valence-corrected chi connectivity index (χ3v) is 6.26. The topological polar surface area (TPSA) is 58.2 Å². The Balaban J connectivity index is 2.47. The van der Waals surface area contributed by atoms with Gasteiger partial charge in [-0.1, -0.05) is 35.3 Å². The fourth-order valence-electron chi connectivity index (χ4n) is 3.57. The van der Waals surface area contributed by atoms with Gasteiger partial charge in [-0.15, -0.1) is 6.58 Å². The number of alkyl halides is 9. The minimum atomic E-state index is -5.34. The average Bonchev–Trinajstić information content (AvgIpc) is 2.85. The van der Waals surface area contributed by atoms with Crippen molar-refractivity contribution < 1.29 is 53.5 Å². The minimum Gasteiger partial charge on any atom is -0.345 e. The van der Waals surface area contributed by atoms with Crippen LogP contribution < -0.4 is 10.6 Å². The fourth-order valence-corrected chi connectivity index (χ4v) is 4.23.